The number of carbonyl (C=O) groups is 1. The molecule has 0 saturated heterocycles. The number of halogens is 1. The van der Waals surface area contributed by atoms with Gasteiger partial charge in [0, 0.05) is 16.2 Å². The number of amides is 1. The third-order valence-electron chi connectivity index (χ3n) is 4.46. The second kappa shape index (κ2) is 11.1. The molecule has 0 aliphatic heterocycles. The Bertz CT molecular complexity index is 768. The summed E-state index contributed by atoms with van der Waals surface area (Å²) in [4.78, 5) is 12.6. The van der Waals surface area contributed by atoms with E-state index in [1.54, 1.807) is 6.92 Å². The van der Waals surface area contributed by atoms with Crippen molar-refractivity contribution in [2.45, 2.75) is 59.5 Å². The zero-order chi connectivity index (χ0) is 20.5. The van der Waals surface area contributed by atoms with E-state index in [4.69, 9.17) is 9.47 Å². The van der Waals surface area contributed by atoms with Gasteiger partial charge in [-0.1, -0.05) is 48.2 Å². The summed E-state index contributed by atoms with van der Waals surface area (Å²) in [5.74, 6) is 1.32. The summed E-state index contributed by atoms with van der Waals surface area (Å²) in [7, 11) is 0. The highest BCUT2D eigenvalue weighted by Crippen LogP contribution is 2.28. The summed E-state index contributed by atoms with van der Waals surface area (Å²) in [6, 6.07) is 11.4. The Morgan fingerprint density at radius 1 is 1.11 bits per heavy atom. The lowest BCUT2D eigenvalue weighted by molar-refractivity contribution is -0.122. The van der Waals surface area contributed by atoms with Crippen molar-refractivity contribution in [1.82, 2.24) is 0 Å². The average Bonchev–Trinajstić information content (AvgIpc) is 2.64. The Hall–Kier alpha value is -2.01. The lowest BCUT2D eigenvalue weighted by atomic mass is 10.1. The Kier molecular flexibility index (Phi) is 8.84. The number of hydrogen-bond acceptors (Lipinski definition) is 3. The minimum atomic E-state index is -0.614. The van der Waals surface area contributed by atoms with Gasteiger partial charge in [0.2, 0.25) is 0 Å². The molecule has 1 N–H and O–H groups in total. The van der Waals surface area contributed by atoms with Gasteiger partial charge in [-0.25, -0.2) is 0 Å². The van der Waals surface area contributed by atoms with Crippen molar-refractivity contribution in [3.63, 3.8) is 0 Å². The molecule has 0 heterocycles. The van der Waals surface area contributed by atoms with E-state index in [9.17, 15) is 4.79 Å². The first-order chi connectivity index (χ1) is 13.4. The van der Waals surface area contributed by atoms with Crippen molar-refractivity contribution in [1.29, 1.82) is 0 Å². The molecule has 0 aliphatic carbocycles. The summed E-state index contributed by atoms with van der Waals surface area (Å²) < 4.78 is 12.7. The summed E-state index contributed by atoms with van der Waals surface area (Å²) in [5, 5.41) is 2.91. The van der Waals surface area contributed by atoms with E-state index >= 15 is 0 Å². The molecule has 1 unspecified atom stereocenters. The molecule has 152 valence electrons. The van der Waals surface area contributed by atoms with Gasteiger partial charge in [0.15, 0.2) is 6.10 Å². The van der Waals surface area contributed by atoms with E-state index < -0.39 is 6.10 Å². The highest BCUT2D eigenvalue weighted by atomic mass is 79.9. The summed E-state index contributed by atoms with van der Waals surface area (Å²) >= 11 is 3.48. The molecule has 4 nitrogen and oxygen atoms in total. The number of benzene rings is 2. The monoisotopic (exact) mass is 447 g/mol. The van der Waals surface area contributed by atoms with Gasteiger partial charge < -0.3 is 14.8 Å². The van der Waals surface area contributed by atoms with Crippen LogP contribution in [0.2, 0.25) is 0 Å². The number of anilines is 1. The summed E-state index contributed by atoms with van der Waals surface area (Å²) in [6.07, 6.45) is 4.05. The maximum absolute atomic E-state index is 12.6. The van der Waals surface area contributed by atoms with Crippen LogP contribution in [0.25, 0.3) is 0 Å². The predicted molar refractivity (Wildman–Crippen MR) is 118 cm³/mol. The van der Waals surface area contributed by atoms with E-state index in [2.05, 4.69) is 28.2 Å². The third kappa shape index (κ3) is 6.86. The lowest BCUT2D eigenvalue weighted by Gasteiger charge is -2.18. The topological polar surface area (TPSA) is 47.6 Å². The van der Waals surface area contributed by atoms with Gasteiger partial charge in [0.25, 0.3) is 5.91 Å². The lowest BCUT2D eigenvalue weighted by Crippen LogP contribution is -2.30. The van der Waals surface area contributed by atoms with Crippen molar-refractivity contribution in [2.24, 2.45) is 0 Å². The molecule has 0 spiro atoms. The molecule has 2 aromatic carbocycles. The average molecular weight is 448 g/mol. The second-order valence-corrected chi connectivity index (χ2v) is 7.97. The van der Waals surface area contributed by atoms with E-state index in [0.29, 0.717) is 12.3 Å². The molecule has 2 rings (SSSR count). The minimum Gasteiger partial charge on any atom is -0.494 e. The SMILES string of the molecule is CCCCCCOc1cccc(NC(=O)C(C)Oc2c(C)cc(Br)cc2C)c1. The number of unbranched alkanes of at least 4 members (excludes halogenated alkanes) is 3. The van der Waals surface area contributed by atoms with Crippen LogP contribution in [-0.2, 0) is 4.79 Å². The summed E-state index contributed by atoms with van der Waals surface area (Å²) in [5.41, 5.74) is 2.69. The largest absolute Gasteiger partial charge is 0.494 e. The molecule has 2 aromatic rings. The molecule has 0 fully saturated rings. The van der Waals surface area contributed by atoms with E-state index in [0.717, 1.165) is 33.5 Å². The fraction of sp³-hybridized carbons (Fsp3) is 0.435. The van der Waals surface area contributed by atoms with Gasteiger partial charge in [-0.3, -0.25) is 4.79 Å². The van der Waals surface area contributed by atoms with Crippen molar-refractivity contribution < 1.29 is 14.3 Å². The molecule has 0 saturated carbocycles. The van der Waals surface area contributed by atoms with Crippen LogP contribution in [0.3, 0.4) is 0 Å². The van der Waals surface area contributed by atoms with Crippen LogP contribution in [0.4, 0.5) is 5.69 Å². The van der Waals surface area contributed by atoms with Gasteiger partial charge in [-0.2, -0.15) is 0 Å². The van der Waals surface area contributed by atoms with Crippen LogP contribution >= 0.6 is 15.9 Å². The second-order valence-electron chi connectivity index (χ2n) is 7.05. The first kappa shape index (κ1) is 22.3. The Balaban J connectivity index is 1.92. The predicted octanol–water partition coefficient (Wildman–Crippen LogP) is 6.43. The molecule has 5 heteroatoms. The number of aryl methyl sites for hydroxylation is 2. The first-order valence-electron chi connectivity index (χ1n) is 9.87. The van der Waals surface area contributed by atoms with Crippen molar-refractivity contribution in [2.75, 3.05) is 11.9 Å². The fourth-order valence-corrected chi connectivity index (χ4v) is 3.63. The van der Waals surface area contributed by atoms with Crippen LogP contribution in [-0.4, -0.2) is 18.6 Å². The zero-order valence-corrected chi connectivity index (χ0v) is 18.8. The summed E-state index contributed by atoms with van der Waals surface area (Å²) in [6.45, 7) is 8.58. The normalized spacial score (nSPS) is 11.8. The van der Waals surface area contributed by atoms with Gasteiger partial charge >= 0.3 is 0 Å². The number of nitrogens with one attached hydrogen (secondary N) is 1. The van der Waals surface area contributed by atoms with Crippen LogP contribution in [0, 0.1) is 13.8 Å². The van der Waals surface area contributed by atoms with Gasteiger partial charge in [0.05, 0.1) is 6.61 Å². The smallest absolute Gasteiger partial charge is 0.265 e. The van der Waals surface area contributed by atoms with E-state index in [-0.39, 0.29) is 5.91 Å². The maximum Gasteiger partial charge on any atom is 0.265 e. The minimum absolute atomic E-state index is 0.193. The molecule has 0 aliphatic rings. The van der Waals surface area contributed by atoms with Gasteiger partial charge in [0.1, 0.15) is 11.5 Å². The van der Waals surface area contributed by atoms with Crippen molar-refractivity contribution in [3.05, 3.63) is 52.0 Å². The zero-order valence-electron chi connectivity index (χ0n) is 17.2. The van der Waals surface area contributed by atoms with E-state index in [1.807, 2.05) is 50.2 Å². The Morgan fingerprint density at radius 2 is 1.82 bits per heavy atom. The maximum atomic E-state index is 12.6. The van der Waals surface area contributed by atoms with E-state index in [1.165, 1.54) is 19.3 Å². The van der Waals surface area contributed by atoms with Crippen LogP contribution in [0.1, 0.15) is 50.7 Å². The quantitative estimate of drug-likeness (QED) is 0.426. The molecule has 1 amide bonds. The van der Waals surface area contributed by atoms with Crippen LogP contribution in [0.5, 0.6) is 11.5 Å². The molecule has 0 aromatic heterocycles. The highest BCUT2D eigenvalue weighted by molar-refractivity contribution is 9.10. The van der Waals surface area contributed by atoms with Crippen molar-refractivity contribution >= 4 is 27.5 Å². The Labute approximate surface area is 176 Å². The molecule has 28 heavy (non-hydrogen) atoms. The first-order valence-corrected chi connectivity index (χ1v) is 10.7. The number of carbonyl (C=O) groups excluding carboxylic acids is 1. The number of ether oxygens (including phenoxy) is 2. The molecule has 0 bridgehead atoms. The molecule has 1 atom stereocenters. The molecular weight excluding hydrogens is 418 g/mol. The number of hydrogen-bond donors (Lipinski definition) is 1. The van der Waals surface area contributed by atoms with Crippen molar-refractivity contribution in [3.8, 4) is 11.5 Å². The van der Waals surface area contributed by atoms with Crippen LogP contribution in [0.15, 0.2) is 40.9 Å². The van der Waals surface area contributed by atoms with Gasteiger partial charge in [-0.05, 0) is 62.6 Å². The standard InChI is InChI=1S/C23H30BrNO3/c1-5-6-7-8-12-27-21-11-9-10-20(15-21)25-23(26)18(4)28-22-16(2)13-19(24)14-17(22)3/h9-11,13-15,18H,5-8,12H2,1-4H3,(H,25,26). The molecule has 0 radical (unpaired) electrons. The third-order valence-corrected chi connectivity index (χ3v) is 4.91. The Morgan fingerprint density at radius 3 is 2.50 bits per heavy atom. The molecular formula is C23H30BrNO3. The van der Waals surface area contributed by atoms with Gasteiger partial charge in [-0.15, -0.1) is 0 Å². The fourth-order valence-electron chi connectivity index (χ4n) is 2.94. The van der Waals surface area contributed by atoms with Crippen LogP contribution < -0.4 is 14.8 Å². The highest BCUT2D eigenvalue weighted by Gasteiger charge is 2.17. The number of rotatable bonds is 10.